The number of nitrogens with zero attached hydrogens (tertiary/aromatic N) is 1. The van der Waals surface area contributed by atoms with Crippen LogP contribution in [0.15, 0.2) is 41.0 Å². The third kappa shape index (κ3) is 3.12. The van der Waals surface area contributed by atoms with E-state index >= 15 is 0 Å². The Kier molecular flexibility index (Phi) is 4.16. The monoisotopic (exact) mass is 320 g/mol. The molecule has 0 saturated carbocycles. The van der Waals surface area contributed by atoms with Gasteiger partial charge < -0.3 is 10.5 Å². The molecule has 5 heteroatoms. The summed E-state index contributed by atoms with van der Waals surface area (Å²) in [5, 5.41) is 0. The van der Waals surface area contributed by atoms with Crippen molar-refractivity contribution in [2.75, 3.05) is 12.8 Å². The molecule has 98 valence electrons. The maximum absolute atomic E-state index is 12.2. The summed E-state index contributed by atoms with van der Waals surface area (Å²) in [4.78, 5) is 16.2. The Morgan fingerprint density at radius 1 is 1.42 bits per heavy atom. The van der Waals surface area contributed by atoms with Crippen LogP contribution in [0.3, 0.4) is 0 Å². The molecule has 0 aliphatic carbocycles. The van der Waals surface area contributed by atoms with Crippen molar-refractivity contribution in [2.45, 2.75) is 6.42 Å². The van der Waals surface area contributed by atoms with Crippen LogP contribution in [0.2, 0.25) is 0 Å². The molecule has 1 heterocycles. The average Bonchev–Trinajstić information content (AvgIpc) is 2.39. The van der Waals surface area contributed by atoms with E-state index in [1.165, 1.54) is 0 Å². The number of hydrogen-bond acceptors (Lipinski definition) is 4. The second kappa shape index (κ2) is 5.84. The third-order valence-corrected chi connectivity index (χ3v) is 3.19. The minimum absolute atomic E-state index is 0.130. The van der Waals surface area contributed by atoms with E-state index in [9.17, 15) is 4.79 Å². The second-order valence-electron chi connectivity index (χ2n) is 4.00. The van der Waals surface area contributed by atoms with Gasteiger partial charge in [0.2, 0.25) is 0 Å². The molecule has 0 bridgehead atoms. The third-order valence-electron chi connectivity index (χ3n) is 2.70. The number of ether oxygens (including phenoxy) is 1. The van der Waals surface area contributed by atoms with Gasteiger partial charge in [-0.2, -0.15) is 0 Å². The number of nitrogen functional groups attached to an aromatic ring is 1. The molecule has 2 aromatic rings. The Labute approximate surface area is 119 Å². The summed E-state index contributed by atoms with van der Waals surface area (Å²) in [6.07, 6.45) is 1.76. The van der Waals surface area contributed by atoms with Crippen molar-refractivity contribution in [2.24, 2.45) is 0 Å². The molecule has 0 radical (unpaired) electrons. The zero-order valence-electron chi connectivity index (χ0n) is 10.4. The minimum atomic E-state index is -0.130. The van der Waals surface area contributed by atoms with Crippen LogP contribution in [0.4, 0.5) is 5.69 Å². The first-order valence-electron chi connectivity index (χ1n) is 5.68. The fraction of sp³-hybridized carbons (Fsp3) is 0.143. The van der Waals surface area contributed by atoms with Crippen LogP contribution in [0.1, 0.15) is 16.1 Å². The summed E-state index contributed by atoms with van der Waals surface area (Å²) in [5.74, 6) is 0.542. The summed E-state index contributed by atoms with van der Waals surface area (Å²) in [6, 6.07) is 8.90. The van der Waals surface area contributed by atoms with Crippen LogP contribution >= 0.6 is 15.9 Å². The molecule has 1 aromatic carbocycles. The van der Waals surface area contributed by atoms with Gasteiger partial charge in [0.15, 0.2) is 5.78 Å². The quantitative estimate of drug-likeness (QED) is 0.880. The van der Waals surface area contributed by atoms with Crippen LogP contribution in [0.5, 0.6) is 5.75 Å². The maximum Gasteiger partial charge on any atom is 0.187 e. The van der Waals surface area contributed by atoms with E-state index in [2.05, 4.69) is 20.9 Å². The van der Waals surface area contributed by atoms with Gasteiger partial charge in [0, 0.05) is 22.7 Å². The van der Waals surface area contributed by atoms with Crippen molar-refractivity contribution in [3.05, 3.63) is 52.3 Å². The average molecular weight is 321 g/mol. The van der Waals surface area contributed by atoms with Gasteiger partial charge >= 0.3 is 0 Å². The second-order valence-corrected chi connectivity index (χ2v) is 4.91. The van der Waals surface area contributed by atoms with Gasteiger partial charge in [0.1, 0.15) is 11.4 Å². The molecule has 2 rings (SSSR count). The summed E-state index contributed by atoms with van der Waals surface area (Å²) in [5.41, 5.74) is 7.24. The van der Waals surface area contributed by atoms with Crippen molar-refractivity contribution >= 4 is 27.4 Å². The number of halogens is 1. The molecule has 1 aromatic heterocycles. The topological polar surface area (TPSA) is 65.2 Å². The van der Waals surface area contributed by atoms with Gasteiger partial charge in [0.05, 0.1) is 12.8 Å². The number of aromatic nitrogens is 1. The molecule has 0 aliphatic heterocycles. The highest BCUT2D eigenvalue weighted by molar-refractivity contribution is 9.10. The van der Waals surface area contributed by atoms with Crippen LogP contribution < -0.4 is 10.5 Å². The van der Waals surface area contributed by atoms with Crippen molar-refractivity contribution in [1.29, 1.82) is 0 Å². The van der Waals surface area contributed by atoms with E-state index in [0.717, 1.165) is 10.0 Å². The molecule has 0 spiro atoms. The van der Waals surface area contributed by atoms with Crippen LogP contribution in [0.25, 0.3) is 0 Å². The van der Waals surface area contributed by atoms with Crippen molar-refractivity contribution < 1.29 is 9.53 Å². The summed E-state index contributed by atoms with van der Waals surface area (Å²) in [6.45, 7) is 0. The van der Waals surface area contributed by atoms with E-state index in [1.807, 2.05) is 18.2 Å². The van der Waals surface area contributed by atoms with Crippen molar-refractivity contribution in [1.82, 2.24) is 4.98 Å². The van der Waals surface area contributed by atoms with Gasteiger partial charge in [-0.05, 0) is 30.3 Å². The van der Waals surface area contributed by atoms with E-state index in [-0.39, 0.29) is 12.2 Å². The predicted octanol–water partition coefficient (Wildman–Crippen LogP) is 2.86. The highest BCUT2D eigenvalue weighted by Gasteiger charge is 2.14. The molecule has 19 heavy (non-hydrogen) atoms. The molecule has 0 saturated heterocycles. The first-order chi connectivity index (χ1) is 9.11. The summed E-state index contributed by atoms with van der Waals surface area (Å²) >= 11 is 3.38. The molecule has 2 N–H and O–H groups in total. The summed E-state index contributed by atoms with van der Waals surface area (Å²) < 4.78 is 6.14. The molecule has 0 atom stereocenters. The summed E-state index contributed by atoms with van der Waals surface area (Å²) in [7, 11) is 1.58. The molecule has 0 aliphatic rings. The van der Waals surface area contributed by atoms with Gasteiger partial charge in [-0.3, -0.25) is 9.78 Å². The number of Topliss-reactive ketones (excluding diaryl/α,β-unsaturated/α-hetero) is 1. The number of benzene rings is 1. The van der Waals surface area contributed by atoms with Crippen LogP contribution in [-0.4, -0.2) is 17.9 Å². The van der Waals surface area contributed by atoms with Crippen molar-refractivity contribution in [3.8, 4) is 5.75 Å². The first kappa shape index (κ1) is 13.5. The first-order valence-corrected chi connectivity index (χ1v) is 6.47. The molecule has 0 fully saturated rings. The fourth-order valence-corrected chi connectivity index (χ4v) is 2.20. The smallest absolute Gasteiger partial charge is 0.187 e. The van der Waals surface area contributed by atoms with Gasteiger partial charge in [-0.25, -0.2) is 0 Å². The Hall–Kier alpha value is -1.88. The fourth-order valence-electron chi connectivity index (χ4n) is 1.79. The molecular formula is C14H13BrN2O2. The van der Waals surface area contributed by atoms with Crippen LogP contribution in [0, 0.1) is 0 Å². The van der Waals surface area contributed by atoms with Gasteiger partial charge in [0.25, 0.3) is 0 Å². The number of carbonyl (C=O) groups is 1. The normalized spacial score (nSPS) is 10.2. The number of pyridine rings is 1. The van der Waals surface area contributed by atoms with Crippen molar-refractivity contribution in [3.63, 3.8) is 0 Å². The predicted molar refractivity (Wildman–Crippen MR) is 77.4 cm³/mol. The number of ketones is 1. The molecule has 4 nitrogen and oxygen atoms in total. The lowest BCUT2D eigenvalue weighted by Gasteiger charge is -2.09. The zero-order valence-corrected chi connectivity index (χ0v) is 12.0. The number of hydrogen-bond donors (Lipinski definition) is 1. The Bertz CT molecular complexity index is 614. The Morgan fingerprint density at radius 2 is 2.21 bits per heavy atom. The van der Waals surface area contributed by atoms with E-state index in [4.69, 9.17) is 10.5 Å². The maximum atomic E-state index is 12.2. The molecule has 0 amide bonds. The number of nitrogens with two attached hydrogens (primary N) is 1. The SMILES string of the molecule is COc1ccc(Br)cc1CC(=O)c1ncccc1N. The largest absolute Gasteiger partial charge is 0.496 e. The van der Waals surface area contributed by atoms with E-state index < -0.39 is 0 Å². The lowest BCUT2D eigenvalue weighted by atomic mass is 10.0. The number of carbonyl (C=O) groups excluding carboxylic acids is 1. The number of anilines is 1. The number of methoxy groups -OCH3 is 1. The Morgan fingerprint density at radius 3 is 2.89 bits per heavy atom. The van der Waals surface area contributed by atoms with Gasteiger partial charge in [-0.15, -0.1) is 0 Å². The molecule has 0 unspecified atom stereocenters. The van der Waals surface area contributed by atoms with E-state index in [1.54, 1.807) is 25.4 Å². The highest BCUT2D eigenvalue weighted by Crippen LogP contribution is 2.24. The highest BCUT2D eigenvalue weighted by atomic mass is 79.9. The van der Waals surface area contributed by atoms with Gasteiger partial charge in [-0.1, -0.05) is 15.9 Å². The standard InChI is InChI=1S/C14H13BrN2O2/c1-19-13-5-4-10(15)7-9(13)8-12(18)14-11(16)3-2-6-17-14/h2-7H,8,16H2,1H3. The Balaban J connectivity index is 2.29. The zero-order chi connectivity index (χ0) is 13.8. The lowest BCUT2D eigenvalue weighted by Crippen LogP contribution is -2.10. The minimum Gasteiger partial charge on any atom is -0.496 e. The lowest BCUT2D eigenvalue weighted by molar-refractivity contribution is 0.0988. The van der Waals surface area contributed by atoms with Crippen LogP contribution in [-0.2, 0) is 6.42 Å². The van der Waals surface area contributed by atoms with E-state index in [0.29, 0.717) is 17.1 Å². The molecular weight excluding hydrogens is 308 g/mol. The number of rotatable bonds is 4.